The van der Waals surface area contributed by atoms with Gasteiger partial charge >= 0.3 is 0 Å². The summed E-state index contributed by atoms with van der Waals surface area (Å²) in [7, 11) is 0. The van der Waals surface area contributed by atoms with Crippen LogP contribution >= 0.6 is 11.6 Å². The highest BCUT2D eigenvalue weighted by Gasteiger charge is 2.21. The molecule has 1 nitrogen and oxygen atoms in total. The Morgan fingerprint density at radius 1 is 1.41 bits per heavy atom. The first kappa shape index (κ1) is 12.6. The number of carbonyl (C=O) groups excluding carboxylic acids is 1. The van der Waals surface area contributed by atoms with Gasteiger partial charge in [0.2, 0.25) is 0 Å². The first-order chi connectivity index (χ1) is 8.08. The number of hydrogen-bond donors (Lipinski definition) is 0. The van der Waals surface area contributed by atoms with E-state index in [1.54, 1.807) is 13.0 Å². The van der Waals surface area contributed by atoms with Crippen LogP contribution in [0.2, 0.25) is 5.02 Å². The van der Waals surface area contributed by atoms with Crippen LogP contribution in [0, 0.1) is 18.7 Å². The third-order valence-electron chi connectivity index (χ3n) is 3.50. The second-order valence-corrected chi connectivity index (χ2v) is 5.27. The van der Waals surface area contributed by atoms with Crippen molar-refractivity contribution in [1.82, 2.24) is 0 Å². The minimum absolute atomic E-state index is 0.0463. The first-order valence-electron chi connectivity index (χ1n) is 6.07. The summed E-state index contributed by atoms with van der Waals surface area (Å²) < 4.78 is 13.2. The topological polar surface area (TPSA) is 17.1 Å². The fourth-order valence-electron chi connectivity index (χ4n) is 2.46. The third-order valence-corrected chi connectivity index (χ3v) is 3.81. The molecule has 0 bridgehead atoms. The van der Waals surface area contributed by atoms with Gasteiger partial charge < -0.3 is 0 Å². The van der Waals surface area contributed by atoms with E-state index in [-0.39, 0.29) is 16.6 Å². The molecule has 1 saturated carbocycles. The van der Waals surface area contributed by atoms with E-state index in [0.717, 1.165) is 12.8 Å². The number of benzene rings is 1. The van der Waals surface area contributed by atoms with Crippen molar-refractivity contribution in [3.05, 3.63) is 34.1 Å². The quantitative estimate of drug-likeness (QED) is 0.723. The Bertz CT molecular complexity index is 436. The molecule has 3 heteroatoms. The Kier molecular flexibility index (Phi) is 3.82. The van der Waals surface area contributed by atoms with Crippen molar-refractivity contribution in [3.8, 4) is 0 Å². The number of hydrogen-bond acceptors (Lipinski definition) is 1. The van der Waals surface area contributed by atoms with E-state index in [4.69, 9.17) is 11.6 Å². The van der Waals surface area contributed by atoms with Crippen molar-refractivity contribution in [2.75, 3.05) is 0 Å². The number of halogens is 2. The van der Waals surface area contributed by atoms with E-state index in [1.165, 1.54) is 18.9 Å². The second-order valence-electron chi connectivity index (χ2n) is 4.86. The molecule has 0 unspecified atom stereocenters. The SMILES string of the molecule is Cc1cc(C(=O)CC2CCCC2)c(Cl)cc1F. The van der Waals surface area contributed by atoms with Crippen molar-refractivity contribution >= 4 is 17.4 Å². The number of Topliss-reactive ketones (excluding diaryl/α,β-unsaturated/α-hetero) is 1. The molecule has 1 aliphatic carbocycles. The lowest BCUT2D eigenvalue weighted by molar-refractivity contribution is 0.0962. The maximum absolute atomic E-state index is 13.2. The summed E-state index contributed by atoms with van der Waals surface area (Å²) in [5.41, 5.74) is 0.946. The van der Waals surface area contributed by atoms with Crippen LogP contribution in [0.3, 0.4) is 0 Å². The smallest absolute Gasteiger partial charge is 0.164 e. The molecule has 1 fully saturated rings. The first-order valence-corrected chi connectivity index (χ1v) is 6.44. The fraction of sp³-hybridized carbons (Fsp3) is 0.500. The summed E-state index contributed by atoms with van der Waals surface area (Å²) in [6, 6.07) is 2.80. The van der Waals surface area contributed by atoms with E-state index in [2.05, 4.69) is 0 Å². The lowest BCUT2D eigenvalue weighted by Crippen LogP contribution is -2.07. The van der Waals surface area contributed by atoms with Gasteiger partial charge in [-0.25, -0.2) is 4.39 Å². The lowest BCUT2D eigenvalue weighted by Gasteiger charge is -2.10. The van der Waals surface area contributed by atoms with Crippen LogP contribution in [0.25, 0.3) is 0 Å². The van der Waals surface area contributed by atoms with Gasteiger partial charge in [-0.05, 0) is 30.5 Å². The fourth-order valence-corrected chi connectivity index (χ4v) is 2.71. The molecule has 1 aliphatic rings. The van der Waals surface area contributed by atoms with E-state index in [0.29, 0.717) is 23.5 Å². The van der Waals surface area contributed by atoms with Crippen molar-refractivity contribution in [2.45, 2.75) is 39.0 Å². The molecular formula is C14H16ClFO. The minimum Gasteiger partial charge on any atom is -0.294 e. The molecule has 0 heterocycles. The zero-order valence-corrected chi connectivity index (χ0v) is 10.7. The molecule has 0 atom stereocenters. The molecule has 0 N–H and O–H groups in total. The normalized spacial score (nSPS) is 16.4. The highest BCUT2D eigenvalue weighted by molar-refractivity contribution is 6.34. The monoisotopic (exact) mass is 254 g/mol. The lowest BCUT2D eigenvalue weighted by atomic mass is 9.96. The van der Waals surface area contributed by atoms with Crippen LogP contribution < -0.4 is 0 Å². The zero-order valence-electron chi connectivity index (χ0n) is 9.93. The maximum Gasteiger partial charge on any atom is 0.164 e. The van der Waals surface area contributed by atoms with Crippen molar-refractivity contribution in [2.24, 2.45) is 5.92 Å². The van der Waals surface area contributed by atoms with Crippen molar-refractivity contribution in [1.29, 1.82) is 0 Å². The molecule has 0 spiro atoms. The third kappa shape index (κ3) is 2.86. The van der Waals surface area contributed by atoms with Crippen LogP contribution in [0.15, 0.2) is 12.1 Å². The van der Waals surface area contributed by atoms with Crippen molar-refractivity contribution < 1.29 is 9.18 Å². The van der Waals surface area contributed by atoms with Crippen LogP contribution in [0.5, 0.6) is 0 Å². The Hall–Kier alpha value is -0.890. The van der Waals surface area contributed by atoms with Gasteiger partial charge in [-0.15, -0.1) is 0 Å². The standard InChI is InChI=1S/C14H16ClFO/c1-9-6-11(12(15)8-13(9)16)14(17)7-10-4-2-3-5-10/h6,8,10H,2-5,7H2,1H3. The van der Waals surface area contributed by atoms with E-state index < -0.39 is 0 Å². The average Bonchev–Trinajstić information content (AvgIpc) is 2.76. The van der Waals surface area contributed by atoms with Gasteiger partial charge in [0.1, 0.15) is 5.82 Å². The number of ketones is 1. The summed E-state index contributed by atoms with van der Waals surface area (Å²) in [6.45, 7) is 1.65. The molecule has 0 amide bonds. The summed E-state index contributed by atoms with van der Waals surface area (Å²) >= 11 is 5.92. The highest BCUT2D eigenvalue weighted by atomic mass is 35.5. The van der Waals surface area contributed by atoms with E-state index >= 15 is 0 Å². The van der Waals surface area contributed by atoms with Crippen LogP contribution in [0.1, 0.15) is 48.0 Å². The van der Waals surface area contributed by atoms with Crippen LogP contribution in [-0.2, 0) is 0 Å². The van der Waals surface area contributed by atoms with Gasteiger partial charge in [-0.1, -0.05) is 37.3 Å². The van der Waals surface area contributed by atoms with Gasteiger partial charge in [-0.2, -0.15) is 0 Å². The van der Waals surface area contributed by atoms with Gasteiger partial charge in [0.05, 0.1) is 5.02 Å². The summed E-state index contributed by atoms with van der Waals surface area (Å²) in [5, 5.41) is 0.232. The van der Waals surface area contributed by atoms with Gasteiger partial charge in [-0.3, -0.25) is 4.79 Å². The molecule has 17 heavy (non-hydrogen) atoms. The molecule has 2 rings (SSSR count). The average molecular weight is 255 g/mol. The molecule has 0 saturated heterocycles. The van der Waals surface area contributed by atoms with E-state index in [9.17, 15) is 9.18 Å². The number of carbonyl (C=O) groups is 1. The predicted octanol–water partition coefficient (Wildman–Crippen LogP) is 4.55. The summed E-state index contributed by atoms with van der Waals surface area (Å²) in [6.07, 6.45) is 5.24. The molecule has 0 radical (unpaired) electrons. The molecule has 92 valence electrons. The van der Waals surface area contributed by atoms with Gasteiger partial charge in [0.15, 0.2) is 5.78 Å². The summed E-state index contributed by atoms with van der Waals surface area (Å²) in [5.74, 6) is 0.182. The Labute approximate surface area is 106 Å². The van der Waals surface area contributed by atoms with E-state index in [1.807, 2.05) is 0 Å². The molecule has 1 aromatic carbocycles. The minimum atomic E-state index is -0.354. The number of aryl methyl sites for hydroxylation is 1. The Balaban J connectivity index is 2.15. The maximum atomic E-state index is 13.2. The summed E-state index contributed by atoms with van der Waals surface area (Å²) in [4.78, 5) is 12.1. The van der Waals surface area contributed by atoms with Gasteiger partial charge in [0.25, 0.3) is 0 Å². The highest BCUT2D eigenvalue weighted by Crippen LogP contribution is 2.30. The van der Waals surface area contributed by atoms with Crippen LogP contribution in [0.4, 0.5) is 4.39 Å². The van der Waals surface area contributed by atoms with Crippen molar-refractivity contribution in [3.63, 3.8) is 0 Å². The largest absolute Gasteiger partial charge is 0.294 e. The zero-order chi connectivity index (χ0) is 12.4. The molecule has 0 aliphatic heterocycles. The number of rotatable bonds is 3. The van der Waals surface area contributed by atoms with Gasteiger partial charge in [0, 0.05) is 12.0 Å². The molecule has 1 aromatic rings. The molecule has 0 aromatic heterocycles. The Morgan fingerprint density at radius 2 is 2.06 bits per heavy atom. The molecular weight excluding hydrogens is 239 g/mol. The second kappa shape index (κ2) is 5.18. The predicted molar refractivity (Wildman–Crippen MR) is 67.1 cm³/mol. The Morgan fingerprint density at radius 3 is 2.71 bits per heavy atom. The van der Waals surface area contributed by atoms with Crippen LogP contribution in [-0.4, -0.2) is 5.78 Å².